The van der Waals surface area contributed by atoms with Gasteiger partial charge in [0.05, 0.1) is 5.56 Å². The molecule has 2 aromatic heterocycles. The molecule has 2 heterocycles. The number of amides is 1. The molecule has 0 atom stereocenters. The molecule has 0 bridgehead atoms. The number of aryl methyl sites for hydroxylation is 2. The van der Waals surface area contributed by atoms with Gasteiger partial charge in [-0.25, -0.2) is 4.79 Å². The maximum absolute atomic E-state index is 12.4. The molecule has 0 aliphatic heterocycles. The molecule has 1 aliphatic carbocycles. The molecule has 1 aromatic carbocycles. The van der Waals surface area contributed by atoms with Crippen LogP contribution < -0.4 is 5.32 Å². The third-order valence-corrected chi connectivity index (χ3v) is 6.23. The van der Waals surface area contributed by atoms with Crippen LogP contribution in [0, 0.1) is 0 Å². The van der Waals surface area contributed by atoms with Crippen molar-refractivity contribution < 1.29 is 19.2 Å². The highest BCUT2D eigenvalue weighted by molar-refractivity contribution is 7.17. The number of fused-ring (bicyclic) bond motifs is 1. The Hall–Kier alpha value is -2.71. The molecule has 29 heavy (non-hydrogen) atoms. The monoisotopic (exact) mass is 431 g/mol. The highest BCUT2D eigenvalue weighted by atomic mass is 35.5. The molecule has 0 spiro atoms. The van der Waals surface area contributed by atoms with E-state index in [0.29, 0.717) is 21.7 Å². The van der Waals surface area contributed by atoms with E-state index in [4.69, 9.17) is 16.1 Å². The van der Waals surface area contributed by atoms with Crippen LogP contribution in [0.4, 0.5) is 5.00 Å². The number of hydrogen-bond donors (Lipinski definition) is 2. The summed E-state index contributed by atoms with van der Waals surface area (Å²) in [5.74, 6) is -0.508. The molecule has 0 unspecified atom stereocenters. The standard InChI is InChI=1S/C20H18ClN3O4S/c21-12-7-5-11(6-8-12)18-23-16(28-24-18)10-9-15(25)22-19-17(20(26)27)13-3-1-2-4-14(13)29-19/h5-8H,1-4,9-10H2,(H,22,25)(H,26,27). The Bertz CT molecular complexity index is 1060. The van der Waals surface area contributed by atoms with Crippen molar-refractivity contribution in [3.63, 3.8) is 0 Å². The number of carbonyl (C=O) groups is 2. The zero-order valence-electron chi connectivity index (χ0n) is 15.4. The summed E-state index contributed by atoms with van der Waals surface area (Å²) in [6.45, 7) is 0. The number of carbonyl (C=O) groups excluding carboxylic acids is 1. The summed E-state index contributed by atoms with van der Waals surface area (Å²) in [6.07, 6.45) is 4.02. The van der Waals surface area contributed by atoms with Gasteiger partial charge in [-0.2, -0.15) is 4.98 Å². The first-order chi connectivity index (χ1) is 14.0. The van der Waals surface area contributed by atoms with Gasteiger partial charge in [0.1, 0.15) is 5.00 Å². The number of carboxylic acids is 1. The third-order valence-electron chi connectivity index (χ3n) is 4.77. The van der Waals surface area contributed by atoms with Crippen LogP contribution in [0.25, 0.3) is 11.4 Å². The van der Waals surface area contributed by atoms with Gasteiger partial charge in [0, 0.05) is 28.3 Å². The van der Waals surface area contributed by atoms with Gasteiger partial charge >= 0.3 is 5.97 Å². The fraction of sp³-hybridized carbons (Fsp3) is 0.300. The average molecular weight is 432 g/mol. The number of nitrogens with one attached hydrogen (secondary N) is 1. The molecule has 150 valence electrons. The molecule has 2 N–H and O–H groups in total. The summed E-state index contributed by atoms with van der Waals surface area (Å²) >= 11 is 7.24. The smallest absolute Gasteiger partial charge is 0.339 e. The Morgan fingerprint density at radius 3 is 2.72 bits per heavy atom. The van der Waals surface area contributed by atoms with Gasteiger partial charge in [0.2, 0.25) is 17.6 Å². The Kier molecular flexibility index (Phi) is 5.64. The van der Waals surface area contributed by atoms with Crippen molar-refractivity contribution in [2.24, 2.45) is 0 Å². The summed E-state index contributed by atoms with van der Waals surface area (Å²) in [4.78, 5) is 29.4. The van der Waals surface area contributed by atoms with E-state index >= 15 is 0 Å². The lowest BCUT2D eigenvalue weighted by Crippen LogP contribution is -2.14. The first-order valence-corrected chi connectivity index (χ1v) is 10.5. The van der Waals surface area contributed by atoms with Crippen LogP contribution in [0.3, 0.4) is 0 Å². The highest BCUT2D eigenvalue weighted by Gasteiger charge is 2.26. The van der Waals surface area contributed by atoms with E-state index in [1.54, 1.807) is 24.3 Å². The van der Waals surface area contributed by atoms with Gasteiger partial charge in [0.25, 0.3) is 0 Å². The van der Waals surface area contributed by atoms with E-state index in [1.807, 2.05) is 0 Å². The minimum absolute atomic E-state index is 0.115. The fourth-order valence-electron chi connectivity index (χ4n) is 3.36. The van der Waals surface area contributed by atoms with Crippen molar-refractivity contribution in [1.29, 1.82) is 0 Å². The van der Waals surface area contributed by atoms with Gasteiger partial charge in [-0.15, -0.1) is 11.3 Å². The lowest BCUT2D eigenvalue weighted by atomic mass is 9.95. The van der Waals surface area contributed by atoms with Crippen LogP contribution in [-0.2, 0) is 24.1 Å². The lowest BCUT2D eigenvalue weighted by molar-refractivity contribution is -0.116. The van der Waals surface area contributed by atoms with Crippen LogP contribution >= 0.6 is 22.9 Å². The van der Waals surface area contributed by atoms with E-state index < -0.39 is 5.97 Å². The summed E-state index contributed by atoms with van der Waals surface area (Å²) in [6, 6.07) is 7.05. The maximum Gasteiger partial charge on any atom is 0.339 e. The highest BCUT2D eigenvalue weighted by Crippen LogP contribution is 2.38. The Balaban J connectivity index is 1.40. The Morgan fingerprint density at radius 2 is 1.97 bits per heavy atom. The summed E-state index contributed by atoms with van der Waals surface area (Å²) in [5, 5.41) is 17.3. The van der Waals surface area contributed by atoms with Crippen molar-refractivity contribution >= 4 is 39.8 Å². The number of thiophene rings is 1. The van der Waals surface area contributed by atoms with Crippen molar-refractivity contribution in [3.05, 3.63) is 51.2 Å². The maximum atomic E-state index is 12.4. The van der Waals surface area contributed by atoms with Crippen LogP contribution in [0.2, 0.25) is 5.02 Å². The molecule has 9 heteroatoms. The van der Waals surface area contributed by atoms with Crippen LogP contribution in [-0.4, -0.2) is 27.1 Å². The van der Waals surface area contributed by atoms with Crippen LogP contribution in [0.15, 0.2) is 28.8 Å². The predicted molar refractivity (Wildman–Crippen MR) is 110 cm³/mol. The molecule has 1 aliphatic rings. The van der Waals surface area contributed by atoms with Crippen LogP contribution in [0.1, 0.15) is 46.0 Å². The minimum atomic E-state index is -0.996. The van der Waals surface area contributed by atoms with Gasteiger partial charge < -0.3 is 14.9 Å². The summed E-state index contributed by atoms with van der Waals surface area (Å²) in [7, 11) is 0. The zero-order chi connectivity index (χ0) is 20.4. The number of nitrogens with zero attached hydrogens (tertiary/aromatic N) is 2. The Labute approximate surface area is 175 Å². The summed E-state index contributed by atoms with van der Waals surface area (Å²) < 4.78 is 5.21. The second-order valence-corrected chi connectivity index (χ2v) is 8.33. The largest absolute Gasteiger partial charge is 0.478 e. The van der Waals surface area contributed by atoms with Crippen molar-refractivity contribution in [1.82, 2.24) is 10.1 Å². The minimum Gasteiger partial charge on any atom is -0.478 e. The second-order valence-electron chi connectivity index (χ2n) is 6.79. The summed E-state index contributed by atoms with van der Waals surface area (Å²) in [5.41, 5.74) is 1.87. The number of aromatic carboxylic acids is 1. The quantitative estimate of drug-likeness (QED) is 0.590. The van der Waals surface area contributed by atoms with Crippen molar-refractivity contribution in [3.8, 4) is 11.4 Å². The number of carboxylic acid groups (broad SMARTS) is 1. The van der Waals surface area contributed by atoms with Gasteiger partial charge in [-0.05, 0) is 55.5 Å². The molecular formula is C20H18ClN3O4S. The molecule has 4 rings (SSSR count). The van der Waals surface area contributed by atoms with E-state index in [9.17, 15) is 14.7 Å². The first-order valence-electron chi connectivity index (χ1n) is 9.27. The Morgan fingerprint density at radius 1 is 1.21 bits per heavy atom. The van der Waals surface area contributed by atoms with Gasteiger partial charge in [-0.1, -0.05) is 16.8 Å². The SMILES string of the molecule is O=C(CCc1nc(-c2ccc(Cl)cc2)no1)Nc1sc2c(c1C(=O)O)CCCC2. The second kappa shape index (κ2) is 8.34. The van der Waals surface area contributed by atoms with E-state index in [0.717, 1.165) is 41.7 Å². The van der Waals surface area contributed by atoms with E-state index in [2.05, 4.69) is 15.5 Å². The van der Waals surface area contributed by atoms with E-state index in [1.165, 1.54) is 11.3 Å². The fourth-order valence-corrected chi connectivity index (χ4v) is 4.79. The van der Waals surface area contributed by atoms with Crippen molar-refractivity contribution in [2.75, 3.05) is 5.32 Å². The third kappa shape index (κ3) is 4.33. The van der Waals surface area contributed by atoms with Gasteiger partial charge in [-0.3, -0.25) is 4.79 Å². The molecule has 0 radical (unpaired) electrons. The molecule has 0 saturated carbocycles. The van der Waals surface area contributed by atoms with E-state index in [-0.39, 0.29) is 24.3 Å². The number of rotatable bonds is 6. The first kappa shape index (κ1) is 19.6. The van der Waals surface area contributed by atoms with Crippen molar-refractivity contribution in [2.45, 2.75) is 38.5 Å². The number of hydrogen-bond acceptors (Lipinski definition) is 6. The zero-order valence-corrected chi connectivity index (χ0v) is 17.0. The molecule has 0 saturated heterocycles. The molecule has 7 nitrogen and oxygen atoms in total. The molecule has 1 amide bonds. The topological polar surface area (TPSA) is 105 Å². The number of aromatic nitrogens is 2. The normalized spacial score (nSPS) is 13.1. The predicted octanol–water partition coefficient (Wildman–Crippen LogP) is 4.60. The lowest BCUT2D eigenvalue weighted by Gasteiger charge is -2.10. The number of halogens is 1. The molecular weight excluding hydrogens is 414 g/mol. The number of benzene rings is 1. The number of anilines is 1. The average Bonchev–Trinajstić information content (AvgIpc) is 3.31. The molecule has 3 aromatic rings. The van der Waals surface area contributed by atoms with Crippen LogP contribution in [0.5, 0.6) is 0 Å². The molecule has 0 fully saturated rings. The van der Waals surface area contributed by atoms with Gasteiger partial charge in [0.15, 0.2) is 0 Å².